The summed E-state index contributed by atoms with van der Waals surface area (Å²) in [6, 6.07) is 6.02. The molecule has 0 aliphatic carbocycles. The van der Waals surface area contributed by atoms with E-state index < -0.39 is 41.9 Å². The van der Waals surface area contributed by atoms with E-state index in [4.69, 9.17) is 4.74 Å². The lowest BCUT2D eigenvalue weighted by atomic mass is 9.97. The number of amides is 3. The molecule has 3 N–H and O–H groups in total. The van der Waals surface area contributed by atoms with Gasteiger partial charge in [0.05, 0.1) is 17.7 Å². The number of Topliss-reactive ketones (excluding diaryl/α,β-unsaturated/α-hetero) is 1. The van der Waals surface area contributed by atoms with Crippen LogP contribution in [0.2, 0.25) is 0 Å². The molecule has 5 bridgehead atoms. The van der Waals surface area contributed by atoms with Gasteiger partial charge in [0.25, 0.3) is 11.8 Å². The Labute approximate surface area is 258 Å². The van der Waals surface area contributed by atoms with E-state index >= 15 is 0 Å². The molecule has 44 heavy (non-hydrogen) atoms. The molecule has 2 aliphatic heterocycles. The predicted molar refractivity (Wildman–Crippen MR) is 166 cm³/mol. The molecular formula is C33H43N5O6. The lowest BCUT2D eigenvalue weighted by Crippen LogP contribution is -2.61. The Kier molecular flexibility index (Phi) is 10.9. The first-order valence-corrected chi connectivity index (χ1v) is 15.4. The second-order valence-corrected chi connectivity index (χ2v) is 12.2. The Balaban J connectivity index is 1.67. The average Bonchev–Trinajstić information content (AvgIpc) is 2.99. The Morgan fingerprint density at radius 1 is 1.05 bits per heavy atom. The van der Waals surface area contributed by atoms with Gasteiger partial charge in [0.1, 0.15) is 17.9 Å². The maximum absolute atomic E-state index is 13.3. The minimum absolute atomic E-state index is 0.0450. The lowest BCUT2D eigenvalue weighted by molar-refractivity contribution is -0.163. The van der Waals surface area contributed by atoms with Crippen LogP contribution in [-0.2, 0) is 28.7 Å². The smallest absolute Gasteiger partial charge is 0.310 e. The van der Waals surface area contributed by atoms with Gasteiger partial charge in [-0.1, -0.05) is 32.1 Å². The highest BCUT2D eigenvalue weighted by molar-refractivity contribution is 5.91. The van der Waals surface area contributed by atoms with Crippen molar-refractivity contribution in [2.75, 3.05) is 6.54 Å². The fraction of sp³-hybridized carbons (Fsp3) is 0.515. The van der Waals surface area contributed by atoms with Gasteiger partial charge in [-0.05, 0) is 81.5 Å². The zero-order valence-electron chi connectivity index (χ0n) is 26.1. The van der Waals surface area contributed by atoms with Crippen molar-refractivity contribution in [2.24, 2.45) is 11.8 Å². The first kappa shape index (κ1) is 32.8. The molecule has 5 atom stereocenters. The van der Waals surface area contributed by atoms with Gasteiger partial charge >= 0.3 is 5.97 Å². The number of hydrogen-bond acceptors (Lipinski definition) is 8. The van der Waals surface area contributed by atoms with Crippen molar-refractivity contribution in [3.05, 3.63) is 47.8 Å². The molecule has 0 saturated carbocycles. The lowest BCUT2D eigenvalue weighted by Gasteiger charge is -2.35. The molecule has 3 amide bonds. The number of carbonyl (C=O) groups is 5. The number of carbonyl (C=O) groups excluding carboxylic acids is 5. The van der Waals surface area contributed by atoms with Gasteiger partial charge in [-0.25, -0.2) is 5.43 Å². The topological polar surface area (TPSA) is 147 Å². The van der Waals surface area contributed by atoms with Gasteiger partial charge in [-0.15, -0.1) is 0 Å². The van der Waals surface area contributed by atoms with Crippen molar-refractivity contribution in [3.63, 3.8) is 0 Å². The third-order valence-corrected chi connectivity index (χ3v) is 8.12. The molecule has 0 spiro atoms. The number of cyclic esters (lactones) is 1. The number of rotatable bonds is 4. The van der Waals surface area contributed by atoms with Crippen molar-refractivity contribution in [2.45, 2.75) is 91.0 Å². The second kappa shape index (κ2) is 14.6. The summed E-state index contributed by atoms with van der Waals surface area (Å²) in [5.74, 6) is -2.85. The summed E-state index contributed by atoms with van der Waals surface area (Å²) >= 11 is 0. The molecule has 5 unspecified atom stereocenters. The van der Waals surface area contributed by atoms with Gasteiger partial charge in [0.15, 0.2) is 6.10 Å². The van der Waals surface area contributed by atoms with Crippen molar-refractivity contribution in [1.29, 1.82) is 0 Å². The molecule has 236 valence electrons. The number of hydrogen-bond donors (Lipinski definition) is 3. The monoisotopic (exact) mass is 605 g/mol. The van der Waals surface area contributed by atoms with Crippen LogP contribution in [0.15, 0.2) is 36.5 Å². The van der Waals surface area contributed by atoms with Crippen molar-refractivity contribution in [3.8, 4) is 0 Å². The Hall–Kier alpha value is -4.12. The molecular weight excluding hydrogens is 562 g/mol. The fourth-order valence-corrected chi connectivity index (χ4v) is 5.44. The largest absolute Gasteiger partial charge is 0.452 e. The molecule has 11 nitrogen and oxygen atoms in total. The summed E-state index contributed by atoms with van der Waals surface area (Å²) in [6.07, 6.45) is 6.21. The van der Waals surface area contributed by atoms with E-state index in [2.05, 4.69) is 21.0 Å². The van der Waals surface area contributed by atoms with Gasteiger partial charge in [-0.3, -0.25) is 29.2 Å². The van der Waals surface area contributed by atoms with Crippen LogP contribution in [0.5, 0.6) is 0 Å². The number of fused-ring (bicyclic) bond motifs is 4. The van der Waals surface area contributed by atoms with Gasteiger partial charge in [0.2, 0.25) is 5.91 Å². The average molecular weight is 606 g/mol. The number of benzene rings is 1. The zero-order valence-corrected chi connectivity index (χ0v) is 26.1. The van der Waals surface area contributed by atoms with Crippen LogP contribution < -0.4 is 16.1 Å². The van der Waals surface area contributed by atoms with E-state index in [1.54, 1.807) is 27.0 Å². The molecule has 2 aromatic rings. The zero-order chi connectivity index (χ0) is 32.0. The molecule has 1 aromatic carbocycles. The predicted octanol–water partition coefficient (Wildman–Crippen LogP) is 3.38. The van der Waals surface area contributed by atoms with Gasteiger partial charge in [0, 0.05) is 24.5 Å². The summed E-state index contributed by atoms with van der Waals surface area (Å²) in [4.78, 5) is 69.4. The van der Waals surface area contributed by atoms with Crippen molar-refractivity contribution >= 4 is 46.3 Å². The second-order valence-electron chi connectivity index (χ2n) is 12.2. The number of nitrogens with one attached hydrogen (secondary N) is 3. The number of hydrazine groups is 1. The Bertz CT molecular complexity index is 1440. The molecule has 11 heteroatoms. The van der Waals surface area contributed by atoms with Gasteiger partial charge < -0.3 is 20.2 Å². The van der Waals surface area contributed by atoms with Crippen LogP contribution in [-0.4, -0.2) is 64.2 Å². The van der Waals surface area contributed by atoms with Crippen molar-refractivity contribution in [1.82, 2.24) is 26.1 Å². The Morgan fingerprint density at radius 3 is 2.52 bits per heavy atom. The number of allylic oxidation sites excluding steroid dienone is 1. The van der Waals surface area contributed by atoms with Crippen molar-refractivity contribution < 1.29 is 28.7 Å². The molecule has 1 saturated heterocycles. The first-order chi connectivity index (χ1) is 20.9. The van der Waals surface area contributed by atoms with E-state index in [-0.39, 0.29) is 42.9 Å². The minimum atomic E-state index is -1.13. The number of ketones is 1. The van der Waals surface area contributed by atoms with Crippen LogP contribution in [0.1, 0.15) is 84.0 Å². The number of aromatic nitrogens is 1. The summed E-state index contributed by atoms with van der Waals surface area (Å²) in [5, 5.41) is 9.01. The molecule has 0 radical (unpaired) electrons. The summed E-state index contributed by atoms with van der Waals surface area (Å²) in [5.41, 5.74) is 4.64. The molecule has 3 heterocycles. The van der Waals surface area contributed by atoms with Crippen LogP contribution in [0.4, 0.5) is 0 Å². The van der Waals surface area contributed by atoms with E-state index in [9.17, 15) is 24.0 Å². The van der Waals surface area contributed by atoms with Crippen LogP contribution in [0.3, 0.4) is 0 Å². The van der Waals surface area contributed by atoms with Crippen LogP contribution >= 0.6 is 0 Å². The summed E-state index contributed by atoms with van der Waals surface area (Å²) in [7, 11) is 0. The highest BCUT2D eigenvalue weighted by Gasteiger charge is 2.34. The van der Waals surface area contributed by atoms with E-state index in [0.717, 1.165) is 16.3 Å². The number of nitrogens with zero attached hydrogens (tertiary/aromatic N) is 2. The Morgan fingerprint density at radius 2 is 1.80 bits per heavy atom. The molecule has 2 aliphatic rings. The van der Waals surface area contributed by atoms with Gasteiger partial charge in [-0.2, -0.15) is 0 Å². The van der Waals surface area contributed by atoms with Crippen LogP contribution in [0, 0.1) is 11.8 Å². The highest BCUT2D eigenvalue weighted by atomic mass is 16.5. The minimum Gasteiger partial charge on any atom is -0.452 e. The summed E-state index contributed by atoms with van der Waals surface area (Å²) < 4.78 is 5.73. The molecule has 1 fully saturated rings. The first-order valence-electron chi connectivity index (χ1n) is 15.4. The fourth-order valence-electron chi connectivity index (χ4n) is 5.44. The standard InChI is InChI=1S/C33H43N5O6/c1-19(2)29-31(41)36-22(5)32(42)38-15-7-10-28(37-38)30(40)35-21(4)24-13-14-25-18-34-27(17-26(25)16-24)9-6-8-23(33(43)44-29)12-11-20(3)39/h6,9,13-14,16-19,21-23,28-29,37H,7-8,10-12,15H2,1-5H3,(H,35,40)(H,36,41). The third-order valence-electron chi connectivity index (χ3n) is 8.12. The SMILES string of the molecule is CC(=O)CCC1CC=Cc2cc3cc(ccc3cn2)C(C)NC(=O)C2CCCN(N2)C(=O)C(C)NC(=O)C(C(C)C)OC1=O. The molecule has 4 rings (SSSR count). The molecule has 1 aromatic heterocycles. The summed E-state index contributed by atoms with van der Waals surface area (Å²) in [6.45, 7) is 8.84. The van der Waals surface area contributed by atoms with Crippen LogP contribution in [0.25, 0.3) is 16.8 Å². The van der Waals surface area contributed by atoms with E-state index in [1.165, 1.54) is 11.9 Å². The third kappa shape index (κ3) is 8.28. The maximum Gasteiger partial charge on any atom is 0.310 e. The highest BCUT2D eigenvalue weighted by Crippen LogP contribution is 2.23. The normalized spacial score (nSPS) is 25.8. The maximum atomic E-state index is 13.3. The quantitative estimate of drug-likeness (QED) is 0.450. The number of esters is 1. The van der Waals surface area contributed by atoms with E-state index in [0.29, 0.717) is 25.1 Å². The van der Waals surface area contributed by atoms with E-state index in [1.807, 2.05) is 43.3 Å². The number of pyridine rings is 1. The number of ether oxygens (including phenoxy) is 1.